The monoisotopic (exact) mass is 396 g/mol. The minimum Gasteiger partial charge on any atom is -0.493 e. The molecule has 0 unspecified atom stereocenters. The van der Waals surface area contributed by atoms with Crippen molar-refractivity contribution in [3.8, 4) is 22.8 Å². The molecule has 3 aromatic rings. The van der Waals surface area contributed by atoms with E-state index >= 15 is 0 Å². The van der Waals surface area contributed by atoms with E-state index < -0.39 is 0 Å². The molecular formula is C21H24N4O4. The molecule has 1 aromatic carbocycles. The summed E-state index contributed by atoms with van der Waals surface area (Å²) in [7, 11) is 3.15. The molecule has 152 valence electrons. The van der Waals surface area contributed by atoms with Gasteiger partial charge < -0.3 is 19.3 Å². The van der Waals surface area contributed by atoms with Crippen molar-refractivity contribution in [2.24, 2.45) is 0 Å². The Hall–Kier alpha value is -3.42. The number of hydrogen-bond acceptors (Lipinski definition) is 7. The number of benzene rings is 1. The van der Waals surface area contributed by atoms with Gasteiger partial charge in [-0.2, -0.15) is 0 Å². The molecule has 1 N–H and O–H groups in total. The lowest BCUT2D eigenvalue weighted by molar-refractivity contribution is -0.120. The summed E-state index contributed by atoms with van der Waals surface area (Å²) in [6.45, 7) is 4.13. The first kappa shape index (κ1) is 20.3. The van der Waals surface area contributed by atoms with Crippen molar-refractivity contribution in [2.45, 2.75) is 26.7 Å². The van der Waals surface area contributed by atoms with Crippen LogP contribution in [0, 0.1) is 13.8 Å². The molecule has 3 rings (SSSR count). The van der Waals surface area contributed by atoms with Crippen LogP contribution < -0.4 is 14.8 Å². The van der Waals surface area contributed by atoms with Crippen molar-refractivity contribution >= 4 is 5.91 Å². The lowest BCUT2D eigenvalue weighted by Crippen LogP contribution is -2.27. The van der Waals surface area contributed by atoms with Gasteiger partial charge >= 0.3 is 0 Å². The Labute approximate surface area is 169 Å². The lowest BCUT2D eigenvalue weighted by atomic mass is 10.1. The molecule has 0 radical (unpaired) electrons. The summed E-state index contributed by atoms with van der Waals surface area (Å²) in [6.07, 6.45) is 2.52. The topological polar surface area (TPSA) is 99.4 Å². The summed E-state index contributed by atoms with van der Waals surface area (Å²) in [5.74, 6) is 2.43. The van der Waals surface area contributed by atoms with Gasteiger partial charge in [0.05, 0.1) is 37.6 Å². The Balaban J connectivity index is 1.61. The Morgan fingerprint density at radius 3 is 2.62 bits per heavy atom. The molecule has 1 amide bonds. The predicted molar refractivity (Wildman–Crippen MR) is 107 cm³/mol. The summed E-state index contributed by atoms with van der Waals surface area (Å²) in [6, 6.07) is 7.28. The number of carbonyl (C=O) groups is 1. The first-order chi connectivity index (χ1) is 14.0. The van der Waals surface area contributed by atoms with Gasteiger partial charge in [0.15, 0.2) is 17.3 Å². The zero-order chi connectivity index (χ0) is 20.8. The third kappa shape index (κ3) is 5.10. The molecule has 0 atom stereocenters. The summed E-state index contributed by atoms with van der Waals surface area (Å²) in [4.78, 5) is 21.1. The van der Waals surface area contributed by atoms with E-state index in [1.807, 2.05) is 26.0 Å². The van der Waals surface area contributed by atoms with Crippen LogP contribution in [0.4, 0.5) is 0 Å². The molecule has 2 heterocycles. The molecule has 0 spiro atoms. The number of rotatable bonds is 8. The van der Waals surface area contributed by atoms with E-state index in [1.165, 1.54) is 0 Å². The number of aryl methyl sites for hydroxylation is 2. The first-order valence-corrected chi connectivity index (χ1v) is 9.24. The Bertz CT molecular complexity index is 1000. The highest BCUT2D eigenvalue weighted by molar-refractivity contribution is 5.78. The number of methoxy groups -OCH3 is 2. The van der Waals surface area contributed by atoms with Crippen molar-refractivity contribution in [1.29, 1.82) is 0 Å². The highest BCUT2D eigenvalue weighted by atomic mass is 16.5. The van der Waals surface area contributed by atoms with Gasteiger partial charge in [-0.1, -0.05) is 11.2 Å². The van der Waals surface area contributed by atoms with Crippen LogP contribution in [0.2, 0.25) is 0 Å². The summed E-state index contributed by atoms with van der Waals surface area (Å²) < 4.78 is 15.8. The average Bonchev–Trinajstić information content (AvgIpc) is 3.14. The second-order valence-corrected chi connectivity index (χ2v) is 6.58. The third-order valence-corrected chi connectivity index (χ3v) is 4.38. The highest BCUT2D eigenvalue weighted by Gasteiger charge is 2.13. The number of nitrogens with zero attached hydrogens (tertiary/aromatic N) is 3. The Morgan fingerprint density at radius 1 is 1.14 bits per heavy atom. The quantitative estimate of drug-likeness (QED) is 0.625. The van der Waals surface area contributed by atoms with Gasteiger partial charge in [0.25, 0.3) is 0 Å². The van der Waals surface area contributed by atoms with Crippen LogP contribution >= 0.6 is 0 Å². The normalized spacial score (nSPS) is 10.6. The number of carbonyl (C=O) groups excluding carboxylic acids is 1. The molecule has 0 aliphatic heterocycles. The molecule has 0 bridgehead atoms. The van der Waals surface area contributed by atoms with Gasteiger partial charge in [-0.05, 0) is 31.5 Å². The summed E-state index contributed by atoms with van der Waals surface area (Å²) in [5, 5.41) is 6.85. The fraction of sp³-hybridized carbons (Fsp3) is 0.333. The standard InChI is InChI=1S/C21H24N4O4/c1-13-9-19(29-25-13)16-12-23-14(2)24-17(16)7-8-22-21(26)11-15-5-6-18(27-3)20(10-15)28-4/h5-6,9-10,12H,7-8,11H2,1-4H3,(H,22,26). The van der Waals surface area contributed by atoms with E-state index in [0.29, 0.717) is 36.0 Å². The van der Waals surface area contributed by atoms with Crippen molar-refractivity contribution in [1.82, 2.24) is 20.4 Å². The lowest BCUT2D eigenvalue weighted by Gasteiger charge is -2.10. The van der Waals surface area contributed by atoms with Crippen LogP contribution in [0.25, 0.3) is 11.3 Å². The van der Waals surface area contributed by atoms with Gasteiger partial charge in [-0.3, -0.25) is 4.79 Å². The fourth-order valence-electron chi connectivity index (χ4n) is 2.96. The summed E-state index contributed by atoms with van der Waals surface area (Å²) in [5.41, 5.74) is 3.22. The molecule has 8 heteroatoms. The predicted octanol–water partition coefficient (Wildman–Crippen LogP) is 2.67. The average molecular weight is 396 g/mol. The van der Waals surface area contributed by atoms with Crippen molar-refractivity contribution in [3.05, 3.63) is 53.2 Å². The second kappa shape index (κ2) is 9.18. The maximum absolute atomic E-state index is 12.3. The van der Waals surface area contributed by atoms with E-state index in [2.05, 4.69) is 20.4 Å². The number of aromatic nitrogens is 3. The first-order valence-electron chi connectivity index (χ1n) is 9.24. The molecular weight excluding hydrogens is 372 g/mol. The third-order valence-electron chi connectivity index (χ3n) is 4.38. The smallest absolute Gasteiger partial charge is 0.224 e. The van der Waals surface area contributed by atoms with Crippen molar-refractivity contribution in [3.63, 3.8) is 0 Å². The van der Waals surface area contributed by atoms with Crippen LogP contribution in [0.1, 0.15) is 22.8 Å². The fourth-order valence-corrected chi connectivity index (χ4v) is 2.96. The number of ether oxygens (including phenoxy) is 2. The van der Waals surface area contributed by atoms with Gasteiger partial charge in [0.1, 0.15) is 5.82 Å². The van der Waals surface area contributed by atoms with E-state index in [0.717, 1.165) is 22.5 Å². The number of hydrogen-bond donors (Lipinski definition) is 1. The van der Waals surface area contributed by atoms with Gasteiger partial charge in [0.2, 0.25) is 5.91 Å². The van der Waals surface area contributed by atoms with Gasteiger partial charge in [-0.15, -0.1) is 0 Å². The maximum atomic E-state index is 12.3. The van der Waals surface area contributed by atoms with E-state index in [-0.39, 0.29) is 12.3 Å². The maximum Gasteiger partial charge on any atom is 0.224 e. The Kier molecular flexibility index (Phi) is 6.43. The van der Waals surface area contributed by atoms with E-state index in [4.69, 9.17) is 14.0 Å². The molecule has 0 saturated carbocycles. The zero-order valence-corrected chi connectivity index (χ0v) is 17.0. The minimum absolute atomic E-state index is 0.0833. The molecule has 0 aliphatic carbocycles. The van der Waals surface area contributed by atoms with Crippen LogP contribution in [-0.4, -0.2) is 41.8 Å². The van der Waals surface area contributed by atoms with Crippen LogP contribution in [0.15, 0.2) is 35.0 Å². The number of amides is 1. The zero-order valence-electron chi connectivity index (χ0n) is 17.0. The molecule has 2 aromatic heterocycles. The largest absolute Gasteiger partial charge is 0.493 e. The van der Waals surface area contributed by atoms with Crippen LogP contribution in [-0.2, 0) is 17.6 Å². The highest BCUT2D eigenvalue weighted by Crippen LogP contribution is 2.27. The summed E-state index contributed by atoms with van der Waals surface area (Å²) >= 11 is 0. The second-order valence-electron chi connectivity index (χ2n) is 6.58. The SMILES string of the molecule is COc1ccc(CC(=O)NCCc2nc(C)ncc2-c2cc(C)no2)cc1OC. The van der Waals surface area contributed by atoms with Crippen LogP contribution in [0.5, 0.6) is 11.5 Å². The van der Waals surface area contributed by atoms with E-state index in [9.17, 15) is 4.79 Å². The van der Waals surface area contributed by atoms with Gasteiger partial charge in [-0.25, -0.2) is 9.97 Å². The van der Waals surface area contributed by atoms with E-state index in [1.54, 1.807) is 32.5 Å². The number of nitrogens with one attached hydrogen (secondary N) is 1. The van der Waals surface area contributed by atoms with Gasteiger partial charge in [0, 0.05) is 25.2 Å². The molecule has 8 nitrogen and oxygen atoms in total. The molecule has 29 heavy (non-hydrogen) atoms. The molecule has 0 fully saturated rings. The minimum atomic E-state index is -0.0833. The molecule has 0 aliphatic rings. The molecule has 0 saturated heterocycles. The van der Waals surface area contributed by atoms with Crippen LogP contribution in [0.3, 0.4) is 0 Å². The van der Waals surface area contributed by atoms with Crippen molar-refractivity contribution < 1.29 is 18.8 Å². The Morgan fingerprint density at radius 2 is 1.93 bits per heavy atom. The van der Waals surface area contributed by atoms with Crippen molar-refractivity contribution in [2.75, 3.05) is 20.8 Å².